The average Bonchev–Trinajstić information content (AvgIpc) is 3.21. The lowest BCUT2D eigenvalue weighted by Crippen LogP contribution is -2.37. The molecule has 1 aliphatic heterocycles. The number of hydrogen-bond acceptors (Lipinski definition) is 6. The Balaban J connectivity index is 1.72. The highest BCUT2D eigenvalue weighted by Gasteiger charge is 2.33. The van der Waals surface area contributed by atoms with Gasteiger partial charge in [-0.2, -0.15) is 4.73 Å². The van der Waals surface area contributed by atoms with Crippen LogP contribution in [-0.4, -0.2) is 44.1 Å². The normalized spacial score (nSPS) is 15.9. The maximum absolute atomic E-state index is 12.7. The molecule has 2 heterocycles. The molecule has 0 bridgehead atoms. The highest BCUT2D eigenvalue weighted by Crippen LogP contribution is 2.38. The number of rotatable bonds is 6. The van der Waals surface area contributed by atoms with Crippen molar-refractivity contribution >= 4 is 11.9 Å². The van der Waals surface area contributed by atoms with Crippen LogP contribution in [0.5, 0.6) is 11.5 Å². The van der Waals surface area contributed by atoms with Crippen LogP contribution in [0.25, 0.3) is 0 Å². The first-order valence-electron chi connectivity index (χ1n) is 8.92. The standard InChI is InChI=1S/C20H22N2O6/c1-26-14-8-9-18(27-2)15(12-14)16-7-5-10-21(16)19(23)13-28-20(24)17-6-3-4-11-22(17)25/h3-4,6,8-9,11-12,16H,5,7,10,13H2,1-2H3/t16-/m1/s1. The van der Waals surface area contributed by atoms with Gasteiger partial charge < -0.3 is 24.3 Å². The van der Waals surface area contributed by atoms with E-state index in [9.17, 15) is 14.8 Å². The van der Waals surface area contributed by atoms with Crippen LogP contribution in [0.2, 0.25) is 0 Å². The van der Waals surface area contributed by atoms with Gasteiger partial charge in [0, 0.05) is 24.2 Å². The molecule has 148 valence electrons. The van der Waals surface area contributed by atoms with Gasteiger partial charge in [-0.05, 0) is 37.1 Å². The minimum atomic E-state index is -0.835. The van der Waals surface area contributed by atoms with Gasteiger partial charge in [-0.1, -0.05) is 0 Å². The largest absolute Gasteiger partial charge is 0.618 e. The highest BCUT2D eigenvalue weighted by molar-refractivity contribution is 5.88. The van der Waals surface area contributed by atoms with E-state index in [0.29, 0.717) is 22.8 Å². The maximum atomic E-state index is 12.7. The van der Waals surface area contributed by atoms with Crippen molar-refractivity contribution in [3.8, 4) is 11.5 Å². The molecular weight excluding hydrogens is 364 g/mol. The number of carbonyl (C=O) groups is 2. The summed E-state index contributed by atoms with van der Waals surface area (Å²) in [6.07, 6.45) is 2.79. The van der Waals surface area contributed by atoms with Crippen molar-refractivity contribution in [2.75, 3.05) is 27.4 Å². The molecule has 0 saturated carbocycles. The van der Waals surface area contributed by atoms with E-state index in [1.807, 2.05) is 6.07 Å². The van der Waals surface area contributed by atoms with E-state index in [4.69, 9.17) is 14.2 Å². The van der Waals surface area contributed by atoms with Crippen molar-refractivity contribution in [3.05, 3.63) is 59.1 Å². The molecule has 8 heteroatoms. The zero-order valence-electron chi connectivity index (χ0n) is 15.8. The smallest absolute Gasteiger partial charge is 0.405 e. The Labute approximate surface area is 162 Å². The van der Waals surface area contributed by atoms with Crippen molar-refractivity contribution in [1.82, 2.24) is 4.90 Å². The topological polar surface area (TPSA) is 92.0 Å². The van der Waals surface area contributed by atoms with Gasteiger partial charge in [-0.25, -0.2) is 4.79 Å². The van der Waals surface area contributed by atoms with Crippen molar-refractivity contribution in [1.29, 1.82) is 0 Å². The zero-order valence-corrected chi connectivity index (χ0v) is 15.8. The highest BCUT2D eigenvalue weighted by atomic mass is 16.5. The quantitative estimate of drug-likeness (QED) is 0.427. The van der Waals surface area contributed by atoms with E-state index in [0.717, 1.165) is 18.4 Å². The second kappa shape index (κ2) is 8.60. The second-order valence-electron chi connectivity index (χ2n) is 6.34. The molecule has 1 fully saturated rings. The molecule has 8 nitrogen and oxygen atoms in total. The Hall–Kier alpha value is -3.29. The lowest BCUT2D eigenvalue weighted by molar-refractivity contribution is -0.608. The number of likely N-dealkylation sites (tertiary alicyclic amines) is 1. The van der Waals surface area contributed by atoms with E-state index in [-0.39, 0.29) is 17.6 Å². The van der Waals surface area contributed by atoms with Crippen molar-refractivity contribution < 1.29 is 28.5 Å². The number of amides is 1. The summed E-state index contributed by atoms with van der Waals surface area (Å²) in [5, 5.41) is 11.6. The molecule has 3 rings (SSSR count). The zero-order chi connectivity index (χ0) is 20.1. The van der Waals surface area contributed by atoms with Crippen LogP contribution in [0.15, 0.2) is 42.6 Å². The number of aromatic nitrogens is 1. The van der Waals surface area contributed by atoms with Crippen molar-refractivity contribution in [3.63, 3.8) is 0 Å². The third kappa shape index (κ3) is 4.00. The van der Waals surface area contributed by atoms with Crippen LogP contribution < -0.4 is 14.2 Å². The molecule has 0 spiro atoms. The van der Waals surface area contributed by atoms with Gasteiger partial charge in [-0.3, -0.25) is 4.79 Å². The molecule has 1 amide bonds. The fourth-order valence-electron chi connectivity index (χ4n) is 3.36. The molecule has 0 N–H and O–H groups in total. The van der Waals surface area contributed by atoms with Gasteiger partial charge in [0.15, 0.2) is 12.8 Å². The van der Waals surface area contributed by atoms with Crippen LogP contribution in [0.3, 0.4) is 0 Å². The summed E-state index contributed by atoms with van der Waals surface area (Å²) in [4.78, 5) is 26.4. The van der Waals surface area contributed by atoms with Crippen LogP contribution >= 0.6 is 0 Å². The van der Waals surface area contributed by atoms with E-state index in [2.05, 4.69) is 0 Å². The van der Waals surface area contributed by atoms with Gasteiger partial charge in [0.1, 0.15) is 11.5 Å². The summed E-state index contributed by atoms with van der Waals surface area (Å²) < 4.78 is 16.2. The number of pyridine rings is 1. The van der Waals surface area contributed by atoms with E-state index in [1.54, 1.807) is 37.3 Å². The van der Waals surface area contributed by atoms with Gasteiger partial charge >= 0.3 is 11.7 Å². The lowest BCUT2D eigenvalue weighted by Gasteiger charge is -2.26. The summed E-state index contributed by atoms with van der Waals surface area (Å²) >= 11 is 0. The summed E-state index contributed by atoms with van der Waals surface area (Å²) in [6.45, 7) is 0.116. The van der Waals surface area contributed by atoms with Gasteiger partial charge in [0.2, 0.25) is 0 Å². The van der Waals surface area contributed by atoms with Gasteiger partial charge in [-0.15, -0.1) is 0 Å². The first-order valence-corrected chi connectivity index (χ1v) is 8.92. The van der Waals surface area contributed by atoms with Crippen LogP contribution in [0, 0.1) is 5.21 Å². The summed E-state index contributed by atoms with van der Waals surface area (Å²) in [6, 6.07) is 9.66. The summed E-state index contributed by atoms with van der Waals surface area (Å²) in [7, 11) is 3.15. The first-order chi connectivity index (χ1) is 13.5. The van der Waals surface area contributed by atoms with Crippen molar-refractivity contribution in [2.45, 2.75) is 18.9 Å². The minimum absolute atomic E-state index is 0.164. The van der Waals surface area contributed by atoms with E-state index >= 15 is 0 Å². The number of benzene rings is 1. The Bertz CT molecular complexity index is 870. The lowest BCUT2D eigenvalue weighted by atomic mass is 10.0. The molecule has 0 unspecified atom stereocenters. The Morgan fingerprint density at radius 3 is 2.75 bits per heavy atom. The summed E-state index contributed by atoms with van der Waals surface area (Å²) in [5.41, 5.74) is 0.683. The molecule has 1 atom stereocenters. The SMILES string of the molecule is COc1ccc(OC)c([C@H]2CCCN2C(=O)COC(=O)c2cccc[n+]2[O-])c1. The number of hydrogen-bond donors (Lipinski definition) is 0. The molecule has 0 aliphatic carbocycles. The molecule has 1 aliphatic rings. The van der Waals surface area contributed by atoms with E-state index in [1.165, 1.54) is 18.3 Å². The minimum Gasteiger partial charge on any atom is -0.618 e. The third-order valence-electron chi connectivity index (χ3n) is 4.73. The Morgan fingerprint density at radius 1 is 1.21 bits per heavy atom. The molecular formula is C20H22N2O6. The third-order valence-corrected chi connectivity index (χ3v) is 4.73. The molecule has 1 saturated heterocycles. The summed E-state index contributed by atoms with van der Waals surface area (Å²) in [5.74, 6) is 0.178. The fourth-order valence-corrected chi connectivity index (χ4v) is 3.36. The Kier molecular flexibility index (Phi) is 5.98. The molecule has 28 heavy (non-hydrogen) atoms. The van der Waals surface area contributed by atoms with E-state index < -0.39 is 12.6 Å². The molecule has 0 radical (unpaired) electrons. The molecule has 1 aromatic heterocycles. The predicted octanol–water partition coefficient (Wildman–Crippen LogP) is 1.86. The predicted molar refractivity (Wildman–Crippen MR) is 98.9 cm³/mol. The first kappa shape index (κ1) is 19.5. The number of methoxy groups -OCH3 is 2. The van der Waals surface area contributed by atoms with Gasteiger partial charge in [0.05, 0.1) is 20.3 Å². The number of ether oxygens (including phenoxy) is 3. The molecule has 2 aromatic rings. The number of esters is 1. The maximum Gasteiger partial charge on any atom is 0.405 e. The fraction of sp³-hybridized carbons (Fsp3) is 0.350. The Morgan fingerprint density at radius 2 is 2.04 bits per heavy atom. The molecule has 1 aromatic carbocycles. The number of nitrogens with zero attached hydrogens (tertiary/aromatic N) is 2. The second-order valence-corrected chi connectivity index (χ2v) is 6.34. The van der Waals surface area contributed by atoms with Crippen LogP contribution in [0.1, 0.15) is 34.9 Å². The van der Waals surface area contributed by atoms with Crippen LogP contribution in [-0.2, 0) is 9.53 Å². The monoisotopic (exact) mass is 386 g/mol. The number of carbonyl (C=O) groups excluding carboxylic acids is 2. The average molecular weight is 386 g/mol. The van der Waals surface area contributed by atoms with Crippen LogP contribution in [0.4, 0.5) is 0 Å². The van der Waals surface area contributed by atoms with Gasteiger partial charge in [0.25, 0.3) is 5.91 Å². The van der Waals surface area contributed by atoms with Crippen molar-refractivity contribution in [2.24, 2.45) is 0 Å².